The normalized spacial score (nSPS) is 18.0. The molecule has 4 N–H and O–H groups in total. The van der Waals surface area contributed by atoms with Crippen LogP contribution in [-0.4, -0.2) is 28.4 Å². The zero-order valence-corrected chi connectivity index (χ0v) is 16.1. The number of carbonyl (C=O) groups is 2. The van der Waals surface area contributed by atoms with E-state index in [2.05, 4.69) is 20.8 Å². The first-order chi connectivity index (χ1) is 14.2. The first-order valence-corrected chi connectivity index (χ1v) is 9.50. The number of hydrogen-bond acceptors (Lipinski definition) is 6. The molecule has 30 heavy (non-hydrogen) atoms. The van der Waals surface area contributed by atoms with Gasteiger partial charge < -0.3 is 16.4 Å². The van der Waals surface area contributed by atoms with E-state index in [1.54, 1.807) is 24.3 Å². The van der Waals surface area contributed by atoms with Crippen molar-refractivity contribution in [1.29, 1.82) is 0 Å². The quantitative estimate of drug-likeness (QED) is 0.381. The van der Waals surface area contributed by atoms with Gasteiger partial charge in [-0.05, 0) is 35.9 Å². The fraction of sp³-hybridized carbons (Fsp3) is 0.158. The van der Waals surface area contributed by atoms with Crippen molar-refractivity contribution < 1.29 is 22.8 Å². The molecule has 1 atom stereocenters. The van der Waals surface area contributed by atoms with Crippen LogP contribution in [0.1, 0.15) is 17.5 Å². The lowest BCUT2D eigenvalue weighted by atomic mass is 10.2. The number of nitrogens with one attached hydrogen (secondary N) is 2. The third-order valence-corrected chi connectivity index (χ3v) is 4.98. The molecule has 7 nitrogen and oxygen atoms in total. The van der Waals surface area contributed by atoms with Crippen molar-refractivity contribution in [1.82, 2.24) is 5.32 Å². The lowest BCUT2D eigenvalue weighted by Gasteiger charge is -2.10. The predicted molar refractivity (Wildman–Crippen MR) is 110 cm³/mol. The van der Waals surface area contributed by atoms with Crippen molar-refractivity contribution >= 4 is 46.3 Å². The Morgan fingerprint density at radius 1 is 1.23 bits per heavy atom. The van der Waals surface area contributed by atoms with E-state index in [1.807, 2.05) is 0 Å². The number of nitrogen functional groups attached to an aromatic ring is 1. The second kappa shape index (κ2) is 8.99. The van der Waals surface area contributed by atoms with Crippen LogP contribution in [0.2, 0.25) is 0 Å². The average Bonchev–Trinajstić information content (AvgIpc) is 3.02. The standard InChI is InChI=1S/C19H16F3N5O2S/c20-19(21,22)12-2-1-3-14(8-12)25-16(28)9-15-17(29)26-18(30-15)27-24-10-11-4-6-13(23)7-5-11/h1-8,10,15H,9,23H2,(H,25,28)(H,26,27,29)/b24-10+. The van der Waals surface area contributed by atoms with E-state index < -0.39 is 28.8 Å². The summed E-state index contributed by atoms with van der Waals surface area (Å²) in [7, 11) is 0. The number of amides is 2. The van der Waals surface area contributed by atoms with Crippen molar-refractivity contribution in [2.45, 2.75) is 17.8 Å². The molecule has 11 heteroatoms. The van der Waals surface area contributed by atoms with Crippen LogP contribution in [0.3, 0.4) is 0 Å². The van der Waals surface area contributed by atoms with Gasteiger partial charge in [-0.2, -0.15) is 18.3 Å². The van der Waals surface area contributed by atoms with Crippen LogP contribution in [0.4, 0.5) is 24.5 Å². The van der Waals surface area contributed by atoms with E-state index in [4.69, 9.17) is 5.73 Å². The fourth-order valence-corrected chi connectivity index (χ4v) is 3.39. The molecule has 1 fully saturated rings. The summed E-state index contributed by atoms with van der Waals surface area (Å²) in [5.41, 5.74) is 6.10. The molecule has 0 saturated carbocycles. The fourth-order valence-electron chi connectivity index (χ4n) is 2.47. The Morgan fingerprint density at radius 2 is 1.97 bits per heavy atom. The highest BCUT2D eigenvalue weighted by atomic mass is 32.2. The number of nitrogens with zero attached hydrogens (tertiary/aromatic N) is 2. The number of hydrogen-bond donors (Lipinski definition) is 3. The molecule has 1 unspecified atom stereocenters. The lowest BCUT2D eigenvalue weighted by Crippen LogP contribution is -2.28. The summed E-state index contributed by atoms with van der Waals surface area (Å²) < 4.78 is 38.3. The molecule has 0 aliphatic carbocycles. The van der Waals surface area contributed by atoms with Crippen LogP contribution < -0.4 is 16.4 Å². The Labute approximate surface area is 173 Å². The molecular formula is C19H16F3N5O2S. The first kappa shape index (κ1) is 21.4. The van der Waals surface area contributed by atoms with Gasteiger partial charge in [-0.25, -0.2) is 0 Å². The largest absolute Gasteiger partial charge is 0.416 e. The summed E-state index contributed by atoms with van der Waals surface area (Å²) in [5.74, 6) is -1.02. The summed E-state index contributed by atoms with van der Waals surface area (Å²) in [5, 5.41) is 12.1. The number of amidine groups is 1. The van der Waals surface area contributed by atoms with Gasteiger partial charge in [-0.1, -0.05) is 30.0 Å². The average molecular weight is 435 g/mol. The van der Waals surface area contributed by atoms with Crippen molar-refractivity contribution in [3.05, 3.63) is 59.7 Å². The molecule has 1 heterocycles. The highest BCUT2D eigenvalue weighted by molar-refractivity contribution is 8.15. The van der Waals surface area contributed by atoms with E-state index in [1.165, 1.54) is 18.3 Å². The zero-order valence-electron chi connectivity index (χ0n) is 15.3. The van der Waals surface area contributed by atoms with Crippen molar-refractivity contribution in [2.24, 2.45) is 10.2 Å². The number of alkyl halides is 3. The number of halogens is 3. The zero-order chi connectivity index (χ0) is 21.7. The van der Waals surface area contributed by atoms with Gasteiger partial charge >= 0.3 is 6.18 Å². The molecule has 0 aromatic heterocycles. The van der Waals surface area contributed by atoms with E-state index in [-0.39, 0.29) is 17.3 Å². The molecule has 2 aromatic rings. The lowest BCUT2D eigenvalue weighted by molar-refractivity contribution is -0.137. The Morgan fingerprint density at radius 3 is 2.67 bits per heavy atom. The van der Waals surface area contributed by atoms with Crippen LogP contribution in [-0.2, 0) is 15.8 Å². The first-order valence-electron chi connectivity index (χ1n) is 8.62. The van der Waals surface area contributed by atoms with Gasteiger partial charge in [-0.3, -0.25) is 9.59 Å². The minimum Gasteiger partial charge on any atom is -0.399 e. The van der Waals surface area contributed by atoms with Crippen molar-refractivity contribution in [2.75, 3.05) is 11.1 Å². The number of rotatable bonds is 5. The number of carbonyl (C=O) groups excluding carboxylic acids is 2. The molecule has 3 rings (SSSR count). The number of thioether (sulfide) groups is 1. The molecule has 0 bridgehead atoms. The Kier molecular flexibility index (Phi) is 6.40. The number of benzene rings is 2. The van der Waals surface area contributed by atoms with Crippen molar-refractivity contribution in [3.8, 4) is 0 Å². The summed E-state index contributed by atoms with van der Waals surface area (Å²) in [6.07, 6.45) is -3.26. The second-order valence-corrected chi connectivity index (χ2v) is 7.43. The van der Waals surface area contributed by atoms with E-state index in [0.717, 1.165) is 29.5 Å². The maximum Gasteiger partial charge on any atom is 0.416 e. The molecule has 1 aliphatic heterocycles. The maximum atomic E-state index is 12.8. The topological polar surface area (TPSA) is 109 Å². The number of anilines is 2. The second-order valence-electron chi connectivity index (χ2n) is 6.24. The maximum absolute atomic E-state index is 12.8. The third-order valence-electron chi connectivity index (χ3n) is 3.91. The van der Waals surface area contributed by atoms with Gasteiger partial charge in [0, 0.05) is 17.8 Å². The van der Waals surface area contributed by atoms with Crippen molar-refractivity contribution in [3.63, 3.8) is 0 Å². The molecule has 0 spiro atoms. The smallest absolute Gasteiger partial charge is 0.399 e. The van der Waals surface area contributed by atoms with Crippen LogP contribution in [0.5, 0.6) is 0 Å². The van der Waals surface area contributed by atoms with E-state index in [0.29, 0.717) is 5.69 Å². The summed E-state index contributed by atoms with van der Waals surface area (Å²) >= 11 is 1.02. The minimum atomic E-state index is -4.51. The third kappa shape index (κ3) is 5.83. The summed E-state index contributed by atoms with van der Waals surface area (Å²) in [6, 6.07) is 11.2. The summed E-state index contributed by atoms with van der Waals surface area (Å²) in [4.78, 5) is 24.2. The predicted octanol–water partition coefficient (Wildman–Crippen LogP) is 3.24. The van der Waals surface area contributed by atoms with Gasteiger partial charge in [0.25, 0.3) is 0 Å². The van der Waals surface area contributed by atoms with Gasteiger partial charge in [0.2, 0.25) is 11.8 Å². The molecule has 2 aromatic carbocycles. The number of nitrogens with two attached hydrogens (primary N) is 1. The van der Waals surface area contributed by atoms with E-state index >= 15 is 0 Å². The van der Waals surface area contributed by atoms with Gasteiger partial charge in [0.05, 0.1) is 11.8 Å². The summed E-state index contributed by atoms with van der Waals surface area (Å²) in [6.45, 7) is 0. The Bertz CT molecular complexity index is 1010. The van der Waals surface area contributed by atoms with Crippen LogP contribution in [0.15, 0.2) is 58.7 Å². The van der Waals surface area contributed by atoms with Crippen LogP contribution in [0.25, 0.3) is 0 Å². The Balaban J connectivity index is 1.56. The van der Waals surface area contributed by atoms with Crippen LogP contribution in [0, 0.1) is 0 Å². The molecule has 1 saturated heterocycles. The highest BCUT2D eigenvalue weighted by Gasteiger charge is 2.33. The molecule has 1 aliphatic rings. The van der Waals surface area contributed by atoms with E-state index in [9.17, 15) is 22.8 Å². The van der Waals surface area contributed by atoms with Gasteiger partial charge in [0.15, 0.2) is 5.17 Å². The minimum absolute atomic E-state index is 0.000202. The van der Waals surface area contributed by atoms with Gasteiger partial charge in [-0.15, -0.1) is 5.10 Å². The monoisotopic (exact) mass is 435 g/mol. The molecule has 2 amide bonds. The van der Waals surface area contributed by atoms with Gasteiger partial charge in [0.1, 0.15) is 5.25 Å². The highest BCUT2D eigenvalue weighted by Crippen LogP contribution is 2.31. The molecular weight excluding hydrogens is 419 g/mol. The van der Waals surface area contributed by atoms with Crippen LogP contribution >= 0.6 is 11.8 Å². The molecule has 0 radical (unpaired) electrons. The Hall–Kier alpha value is -3.34. The molecule has 156 valence electrons. The SMILES string of the molecule is Nc1ccc(/C=N/N=C2\NC(=O)C(CC(=O)Nc3cccc(C(F)(F)F)c3)S2)cc1.